The Labute approximate surface area is 325 Å². The molecule has 2 heterocycles. The molecule has 0 aliphatic carbocycles. The molecule has 7 rings (SSSR count). The molecule has 2 aliphatic heterocycles. The Morgan fingerprint density at radius 3 is 1.29 bits per heavy atom. The normalized spacial score (nSPS) is 19.2. The summed E-state index contributed by atoms with van der Waals surface area (Å²) in [6.07, 6.45) is 1.44. The largest absolute Gasteiger partial charge is 0.508 e. The highest BCUT2D eigenvalue weighted by atomic mass is 16.5. The molecule has 0 radical (unpaired) electrons. The Morgan fingerprint density at radius 1 is 0.527 bits per heavy atom. The number of benzene rings is 5. The van der Waals surface area contributed by atoms with E-state index >= 15 is 0 Å². The third kappa shape index (κ3) is 10.2. The SMILES string of the molecule is C[C@@H]([C@@H](O)c1ccc(O)cc1)N1CCC(O)(c2ccccc2)CC1.C[C@@H]([C@@H](O)c1ccc(OCc2ccccc2)cc1)N1CCC(O)(c2ccccc2)CC1. The molecule has 5 aromatic carbocycles. The lowest BCUT2D eigenvalue weighted by atomic mass is 9.83. The van der Waals surface area contributed by atoms with Crippen LogP contribution in [0.25, 0.3) is 0 Å². The van der Waals surface area contributed by atoms with Gasteiger partial charge < -0.3 is 30.3 Å². The molecule has 0 saturated carbocycles. The maximum absolute atomic E-state index is 11.1. The summed E-state index contributed by atoms with van der Waals surface area (Å²) >= 11 is 0. The van der Waals surface area contributed by atoms with Gasteiger partial charge in [-0.1, -0.05) is 115 Å². The molecular formula is C47H56N2O6. The summed E-state index contributed by atoms with van der Waals surface area (Å²) in [5, 5.41) is 52.9. The first-order valence-corrected chi connectivity index (χ1v) is 19.5. The summed E-state index contributed by atoms with van der Waals surface area (Å²) in [6, 6.07) is 44.1. The second-order valence-corrected chi connectivity index (χ2v) is 15.2. The van der Waals surface area contributed by atoms with Gasteiger partial charge >= 0.3 is 0 Å². The number of aliphatic hydroxyl groups excluding tert-OH is 2. The number of phenols is 1. The Morgan fingerprint density at radius 2 is 0.891 bits per heavy atom. The molecule has 2 saturated heterocycles. The van der Waals surface area contributed by atoms with E-state index in [2.05, 4.69) is 16.7 Å². The number of aliphatic hydroxyl groups is 4. The maximum Gasteiger partial charge on any atom is 0.119 e. The van der Waals surface area contributed by atoms with Crippen LogP contribution in [0.15, 0.2) is 140 Å². The van der Waals surface area contributed by atoms with Gasteiger partial charge in [0.2, 0.25) is 0 Å². The number of ether oxygens (including phenoxy) is 1. The minimum atomic E-state index is -0.778. The predicted molar refractivity (Wildman–Crippen MR) is 216 cm³/mol. The van der Waals surface area contributed by atoms with Crippen molar-refractivity contribution in [3.8, 4) is 11.5 Å². The van der Waals surface area contributed by atoms with Gasteiger partial charge in [0, 0.05) is 38.3 Å². The molecule has 8 nitrogen and oxygen atoms in total. The van der Waals surface area contributed by atoms with Crippen molar-refractivity contribution in [2.24, 2.45) is 0 Å². The van der Waals surface area contributed by atoms with Crippen molar-refractivity contribution in [3.05, 3.63) is 167 Å². The molecule has 0 amide bonds. The van der Waals surface area contributed by atoms with Gasteiger partial charge in [-0.15, -0.1) is 0 Å². The van der Waals surface area contributed by atoms with Gasteiger partial charge in [-0.2, -0.15) is 0 Å². The van der Waals surface area contributed by atoms with E-state index in [1.165, 1.54) is 0 Å². The molecule has 5 N–H and O–H groups in total. The zero-order valence-electron chi connectivity index (χ0n) is 32.0. The fourth-order valence-corrected chi connectivity index (χ4v) is 7.81. The highest BCUT2D eigenvalue weighted by Crippen LogP contribution is 2.36. The van der Waals surface area contributed by atoms with Gasteiger partial charge in [0.1, 0.15) is 18.1 Å². The molecule has 4 atom stereocenters. The number of nitrogens with zero attached hydrogens (tertiary/aromatic N) is 2. The van der Waals surface area contributed by atoms with E-state index < -0.39 is 23.4 Å². The van der Waals surface area contributed by atoms with Crippen molar-refractivity contribution < 1.29 is 30.3 Å². The predicted octanol–water partition coefficient (Wildman–Crippen LogP) is 7.47. The number of hydrogen-bond donors (Lipinski definition) is 5. The van der Waals surface area contributed by atoms with E-state index in [4.69, 9.17) is 4.74 Å². The van der Waals surface area contributed by atoms with Crippen molar-refractivity contribution in [2.45, 2.75) is 81.6 Å². The monoisotopic (exact) mass is 744 g/mol. The molecular weight excluding hydrogens is 689 g/mol. The Balaban J connectivity index is 0.000000193. The minimum absolute atomic E-state index is 0.0311. The maximum atomic E-state index is 11.1. The second kappa shape index (κ2) is 18.4. The van der Waals surface area contributed by atoms with E-state index in [-0.39, 0.29) is 17.8 Å². The lowest BCUT2D eigenvalue weighted by molar-refractivity contribution is -0.0503. The Bertz CT molecular complexity index is 1860. The molecule has 2 aliphatic rings. The van der Waals surface area contributed by atoms with Crippen LogP contribution in [-0.2, 0) is 17.8 Å². The molecule has 0 aromatic heterocycles. The number of aromatic hydroxyl groups is 1. The smallest absolute Gasteiger partial charge is 0.119 e. The van der Waals surface area contributed by atoms with E-state index in [0.29, 0.717) is 32.3 Å². The van der Waals surface area contributed by atoms with Crippen LogP contribution in [0.1, 0.15) is 79.6 Å². The van der Waals surface area contributed by atoms with Gasteiger partial charge in [-0.3, -0.25) is 9.80 Å². The van der Waals surface area contributed by atoms with Gasteiger partial charge in [-0.25, -0.2) is 0 Å². The highest BCUT2D eigenvalue weighted by molar-refractivity contribution is 5.31. The molecule has 0 bridgehead atoms. The van der Waals surface area contributed by atoms with Crippen molar-refractivity contribution in [1.29, 1.82) is 0 Å². The zero-order valence-corrected chi connectivity index (χ0v) is 32.0. The molecule has 0 spiro atoms. The summed E-state index contributed by atoms with van der Waals surface area (Å²) in [5.74, 6) is 0.989. The first-order valence-electron chi connectivity index (χ1n) is 19.5. The van der Waals surface area contributed by atoms with E-state index in [1.54, 1.807) is 24.3 Å². The fraction of sp³-hybridized carbons (Fsp3) is 0.362. The first-order chi connectivity index (χ1) is 26.5. The summed E-state index contributed by atoms with van der Waals surface area (Å²) in [5.41, 5.74) is 3.19. The Kier molecular flexibility index (Phi) is 13.4. The summed E-state index contributed by atoms with van der Waals surface area (Å²) < 4.78 is 5.85. The highest BCUT2D eigenvalue weighted by Gasteiger charge is 2.38. The van der Waals surface area contributed by atoms with Crippen LogP contribution in [0.2, 0.25) is 0 Å². The van der Waals surface area contributed by atoms with Crippen molar-refractivity contribution in [1.82, 2.24) is 9.80 Å². The van der Waals surface area contributed by atoms with E-state index in [1.807, 2.05) is 122 Å². The Hall–Kier alpha value is -4.54. The third-order valence-electron chi connectivity index (χ3n) is 11.6. The number of phenolic OH excluding ortho intramolecular Hbond substituents is 1. The van der Waals surface area contributed by atoms with Crippen molar-refractivity contribution >= 4 is 0 Å². The van der Waals surface area contributed by atoms with Gasteiger partial charge in [0.25, 0.3) is 0 Å². The topological polar surface area (TPSA) is 117 Å². The zero-order chi connectivity index (χ0) is 38.8. The van der Waals surface area contributed by atoms with Crippen molar-refractivity contribution in [3.63, 3.8) is 0 Å². The minimum Gasteiger partial charge on any atom is -0.508 e. The van der Waals surface area contributed by atoms with E-state index in [9.17, 15) is 25.5 Å². The van der Waals surface area contributed by atoms with Gasteiger partial charge in [-0.05, 0) is 91.6 Å². The number of likely N-dealkylation sites (tertiary alicyclic amines) is 2. The number of hydrogen-bond acceptors (Lipinski definition) is 8. The lowest BCUT2D eigenvalue weighted by Gasteiger charge is -2.42. The van der Waals surface area contributed by atoms with Gasteiger partial charge in [0.05, 0.1) is 23.4 Å². The first kappa shape index (κ1) is 40.1. The standard InChI is InChI=1S/C27H31NO3.C20H25NO3/c1-21(28-18-16-27(30,17-19-28)24-10-6-3-7-11-24)26(29)23-12-14-25(15-13-23)31-20-22-8-4-2-5-9-22;1-15(19(23)16-7-9-18(22)10-8-16)21-13-11-20(24,12-14-21)17-5-3-2-4-6-17/h2-15,21,26,29-30H,16-20H2,1H3;2-10,15,19,22-24H,11-14H2,1H3/t21-,26+;15-,19+/m00/s1. The van der Waals surface area contributed by atoms with E-state index in [0.717, 1.165) is 59.7 Å². The average Bonchev–Trinajstić information content (AvgIpc) is 3.24. The van der Waals surface area contributed by atoms with Crippen LogP contribution in [0.3, 0.4) is 0 Å². The van der Waals surface area contributed by atoms with Crippen LogP contribution in [0, 0.1) is 0 Å². The van der Waals surface area contributed by atoms with Crippen molar-refractivity contribution in [2.75, 3.05) is 26.2 Å². The molecule has 0 unspecified atom stereocenters. The summed E-state index contributed by atoms with van der Waals surface area (Å²) in [6.45, 7) is 7.56. The molecule has 8 heteroatoms. The molecule has 55 heavy (non-hydrogen) atoms. The fourth-order valence-electron chi connectivity index (χ4n) is 7.81. The van der Waals surface area contributed by atoms with Crippen LogP contribution in [-0.4, -0.2) is 73.6 Å². The molecule has 290 valence electrons. The summed E-state index contributed by atoms with van der Waals surface area (Å²) in [4.78, 5) is 4.48. The quantitative estimate of drug-likeness (QED) is 0.0947. The van der Waals surface area contributed by atoms with Crippen LogP contribution >= 0.6 is 0 Å². The number of piperidine rings is 2. The van der Waals surface area contributed by atoms with Crippen LogP contribution in [0.5, 0.6) is 11.5 Å². The molecule has 5 aromatic rings. The average molecular weight is 745 g/mol. The van der Waals surface area contributed by atoms with Crippen LogP contribution < -0.4 is 4.74 Å². The lowest BCUT2D eigenvalue weighted by Crippen LogP contribution is -2.47. The molecule has 2 fully saturated rings. The van der Waals surface area contributed by atoms with Gasteiger partial charge in [0.15, 0.2) is 0 Å². The third-order valence-corrected chi connectivity index (χ3v) is 11.6. The number of rotatable bonds is 11. The second-order valence-electron chi connectivity index (χ2n) is 15.2. The summed E-state index contributed by atoms with van der Waals surface area (Å²) in [7, 11) is 0. The van der Waals surface area contributed by atoms with Crippen LogP contribution in [0.4, 0.5) is 0 Å².